The summed E-state index contributed by atoms with van der Waals surface area (Å²) >= 11 is 6.39. The average molecular weight is 580 g/mol. The average Bonchev–Trinajstić information content (AvgIpc) is 3.54. The number of fused-ring (bicyclic) bond motifs is 1. The number of nitrogens with one attached hydrogen (secondary N) is 1. The maximum atomic E-state index is 13.3. The number of nitrogens with zero attached hydrogens (tertiary/aromatic N) is 7. The smallest absolute Gasteiger partial charge is 0.255 e. The lowest BCUT2D eigenvalue weighted by atomic mass is 10.0. The predicted octanol–water partition coefficient (Wildman–Crippen LogP) is 2.10. The SMILES string of the molecule is COc1cc([C@@H](CO)NC(=O)[C@@H](C)N2Cc3ccc(C(N)=C(Cl)C=NC(C)=Nc4cnn(C)n4)cc3C2=O)ccn1. The fourth-order valence-corrected chi connectivity index (χ4v) is 4.32. The van der Waals surface area contributed by atoms with Gasteiger partial charge in [0.05, 0.1) is 36.7 Å². The molecule has 2 amide bonds. The van der Waals surface area contributed by atoms with Crippen molar-refractivity contribution in [1.82, 2.24) is 30.2 Å². The number of aryl methyl sites for hydroxylation is 1. The number of carbonyl (C=O) groups excluding carboxylic acids is 2. The number of amides is 2. The third-order valence-electron chi connectivity index (χ3n) is 6.46. The summed E-state index contributed by atoms with van der Waals surface area (Å²) in [5.41, 5.74) is 8.82. The standard InChI is InChI=1S/C27H30ClN9O4/c1-15(26(39)34-22(14-38)17-7-8-30-24(10-17)41-4)37-13-19-6-5-18(9-20(19)27(37)40)25(29)21(28)11-31-16(2)33-23-12-32-36(3)35-23/h5-12,15,22,38H,13-14,29H2,1-4H3,(H,34,39)/t15-,22-/m1/s1. The summed E-state index contributed by atoms with van der Waals surface area (Å²) in [6.45, 7) is 3.22. The zero-order chi connectivity index (χ0) is 29.7. The Bertz CT molecular complexity index is 1550. The van der Waals surface area contributed by atoms with E-state index in [4.69, 9.17) is 22.1 Å². The summed E-state index contributed by atoms with van der Waals surface area (Å²) in [5.74, 6) is 0.423. The second kappa shape index (κ2) is 12.7. The van der Waals surface area contributed by atoms with Gasteiger partial charge in [0.1, 0.15) is 11.9 Å². The van der Waals surface area contributed by atoms with Gasteiger partial charge in [-0.25, -0.2) is 15.0 Å². The number of aliphatic imine (C=N–C) groups is 2. The van der Waals surface area contributed by atoms with Crippen molar-refractivity contribution in [3.63, 3.8) is 0 Å². The molecule has 14 heteroatoms. The quantitative estimate of drug-likeness (QED) is 0.255. The van der Waals surface area contributed by atoms with E-state index in [-0.39, 0.29) is 29.8 Å². The van der Waals surface area contributed by atoms with Crippen LogP contribution in [0.4, 0.5) is 5.82 Å². The molecule has 0 unspecified atom stereocenters. The lowest BCUT2D eigenvalue weighted by Crippen LogP contribution is -2.46. The Labute approximate surface area is 241 Å². The Morgan fingerprint density at radius 3 is 2.80 bits per heavy atom. The molecule has 3 heterocycles. The third kappa shape index (κ3) is 6.76. The van der Waals surface area contributed by atoms with E-state index in [9.17, 15) is 14.7 Å². The molecule has 0 fully saturated rings. The number of aliphatic hydroxyl groups excluding tert-OH is 1. The number of hydrogen-bond acceptors (Lipinski definition) is 9. The van der Waals surface area contributed by atoms with Crippen molar-refractivity contribution < 1.29 is 19.4 Å². The van der Waals surface area contributed by atoms with Gasteiger partial charge in [0, 0.05) is 37.6 Å². The molecule has 0 radical (unpaired) electrons. The van der Waals surface area contributed by atoms with Crippen molar-refractivity contribution in [2.45, 2.75) is 32.5 Å². The summed E-state index contributed by atoms with van der Waals surface area (Å²) in [5, 5.41) is 20.9. The monoisotopic (exact) mass is 579 g/mol. The van der Waals surface area contributed by atoms with Crippen molar-refractivity contribution in [2.75, 3.05) is 13.7 Å². The van der Waals surface area contributed by atoms with Crippen LogP contribution >= 0.6 is 11.6 Å². The third-order valence-corrected chi connectivity index (χ3v) is 6.76. The summed E-state index contributed by atoms with van der Waals surface area (Å²) in [4.78, 5) is 41.7. The van der Waals surface area contributed by atoms with Gasteiger partial charge in [-0.05, 0) is 42.7 Å². The number of hydrogen-bond donors (Lipinski definition) is 3. The lowest BCUT2D eigenvalue weighted by molar-refractivity contribution is -0.126. The van der Waals surface area contributed by atoms with E-state index in [1.807, 2.05) is 0 Å². The molecular weight excluding hydrogens is 550 g/mol. The van der Waals surface area contributed by atoms with Gasteiger partial charge in [-0.2, -0.15) is 9.90 Å². The number of carbonyl (C=O) groups is 2. The molecule has 41 heavy (non-hydrogen) atoms. The maximum absolute atomic E-state index is 13.3. The molecule has 214 valence electrons. The predicted molar refractivity (Wildman–Crippen MR) is 154 cm³/mol. The summed E-state index contributed by atoms with van der Waals surface area (Å²) in [6, 6.07) is 6.98. The van der Waals surface area contributed by atoms with Crippen LogP contribution in [0.25, 0.3) is 5.70 Å². The zero-order valence-electron chi connectivity index (χ0n) is 22.9. The van der Waals surface area contributed by atoms with Gasteiger partial charge in [0.15, 0.2) is 5.82 Å². The molecule has 2 aromatic heterocycles. The molecule has 1 aromatic carbocycles. The van der Waals surface area contributed by atoms with Crippen LogP contribution in [0.1, 0.15) is 46.9 Å². The van der Waals surface area contributed by atoms with Crippen LogP contribution in [-0.2, 0) is 18.4 Å². The van der Waals surface area contributed by atoms with Gasteiger partial charge in [0.2, 0.25) is 11.8 Å². The normalized spacial score (nSPS) is 15.5. The van der Waals surface area contributed by atoms with E-state index < -0.39 is 18.0 Å². The number of halogens is 1. The van der Waals surface area contributed by atoms with Crippen molar-refractivity contribution in [3.8, 4) is 5.88 Å². The molecular formula is C27H30ClN9O4. The van der Waals surface area contributed by atoms with Crippen LogP contribution in [0.5, 0.6) is 5.88 Å². The molecule has 0 saturated carbocycles. The fourth-order valence-electron chi connectivity index (χ4n) is 4.16. The number of benzene rings is 1. The van der Waals surface area contributed by atoms with Crippen LogP contribution in [0, 0.1) is 0 Å². The number of amidine groups is 1. The molecule has 1 aliphatic rings. The van der Waals surface area contributed by atoms with E-state index in [1.165, 1.54) is 35.4 Å². The minimum Gasteiger partial charge on any atom is -0.481 e. The Morgan fingerprint density at radius 1 is 1.34 bits per heavy atom. The molecule has 0 spiro atoms. The van der Waals surface area contributed by atoms with Crippen LogP contribution in [0.15, 0.2) is 57.7 Å². The maximum Gasteiger partial charge on any atom is 0.255 e. The van der Waals surface area contributed by atoms with E-state index in [0.717, 1.165) is 5.56 Å². The van der Waals surface area contributed by atoms with Gasteiger partial charge in [-0.3, -0.25) is 9.59 Å². The number of rotatable bonds is 9. The van der Waals surface area contributed by atoms with Crippen LogP contribution in [-0.4, -0.2) is 73.6 Å². The second-order valence-corrected chi connectivity index (χ2v) is 9.63. The Kier molecular flexibility index (Phi) is 9.10. The van der Waals surface area contributed by atoms with Crippen molar-refractivity contribution in [3.05, 3.63) is 70.0 Å². The molecule has 3 aromatic rings. The summed E-state index contributed by atoms with van der Waals surface area (Å²) in [6.07, 6.45) is 4.40. The van der Waals surface area contributed by atoms with Crippen LogP contribution in [0.2, 0.25) is 0 Å². The molecule has 0 bridgehead atoms. The number of aromatic nitrogens is 4. The Balaban J connectivity index is 1.46. The topological polar surface area (TPSA) is 173 Å². The number of pyridine rings is 1. The highest BCUT2D eigenvalue weighted by Crippen LogP contribution is 2.28. The number of ether oxygens (including phenoxy) is 1. The highest BCUT2D eigenvalue weighted by atomic mass is 35.5. The van der Waals surface area contributed by atoms with Crippen molar-refractivity contribution in [2.24, 2.45) is 22.8 Å². The molecule has 1 aliphatic heterocycles. The molecule has 2 atom stereocenters. The van der Waals surface area contributed by atoms with E-state index in [1.54, 1.807) is 51.2 Å². The van der Waals surface area contributed by atoms with Crippen molar-refractivity contribution in [1.29, 1.82) is 0 Å². The van der Waals surface area contributed by atoms with Gasteiger partial charge < -0.3 is 25.8 Å². The van der Waals surface area contributed by atoms with Crippen LogP contribution < -0.4 is 15.8 Å². The van der Waals surface area contributed by atoms with Gasteiger partial charge >= 0.3 is 0 Å². The highest BCUT2D eigenvalue weighted by Gasteiger charge is 2.35. The number of nitrogens with two attached hydrogens (primary N) is 1. The Hall–Kier alpha value is -4.62. The van der Waals surface area contributed by atoms with Gasteiger partial charge in [-0.15, -0.1) is 5.10 Å². The molecule has 0 saturated heterocycles. The van der Waals surface area contributed by atoms with E-state index in [0.29, 0.717) is 34.2 Å². The molecule has 4 N–H and O–H groups in total. The molecule has 4 rings (SSSR count). The summed E-state index contributed by atoms with van der Waals surface area (Å²) in [7, 11) is 3.16. The van der Waals surface area contributed by atoms with Crippen molar-refractivity contribution >= 4 is 47.0 Å². The minimum absolute atomic E-state index is 0.163. The fraction of sp³-hybridized carbons (Fsp3) is 0.296. The van der Waals surface area contributed by atoms with Gasteiger partial charge in [0.25, 0.3) is 5.91 Å². The first-order chi connectivity index (χ1) is 19.6. The summed E-state index contributed by atoms with van der Waals surface area (Å²) < 4.78 is 5.12. The Morgan fingerprint density at radius 2 is 2.12 bits per heavy atom. The highest BCUT2D eigenvalue weighted by molar-refractivity contribution is 6.42. The number of aliphatic hydroxyl groups is 1. The van der Waals surface area contributed by atoms with E-state index in [2.05, 4.69) is 30.5 Å². The van der Waals surface area contributed by atoms with Gasteiger partial charge in [-0.1, -0.05) is 23.7 Å². The van der Waals surface area contributed by atoms with E-state index >= 15 is 0 Å². The largest absolute Gasteiger partial charge is 0.481 e. The molecule has 0 aliphatic carbocycles. The molecule has 13 nitrogen and oxygen atoms in total. The number of methoxy groups -OCH3 is 1. The second-order valence-electron chi connectivity index (χ2n) is 9.23. The first kappa shape index (κ1) is 29.4. The van der Waals surface area contributed by atoms with Crippen LogP contribution in [0.3, 0.4) is 0 Å². The number of allylic oxidation sites excluding steroid dienone is 1. The minimum atomic E-state index is -0.809. The first-order valence-electron chi connectivity index (χ1n) is 12.6. The first-order valence-corrected chi connectivity index (χ1v) is 13.0. The lowest BCUT2D eigenvalue weighted by Gasteiger charge is -2.26. The zero-order valence-corrected chi connectivity index (χ0v) is 23.7.